The third-order valence-corrected chi connectivity index (χ3v) is 2.22. The zero-order chi connectivity index (χ0) is 8.27. The fourth-order valence-corrected chi connectivity index (χ4v) is 1.36. The van der Waals surface area contributed by atoms with Crippen LogP contribution in [-0.4, -0.2) is 35.7 Å². The van der Waals surface area contributed by atoms with Gasteiger partial charge in [0.2, 0.25) is 0 Å². The van der Waals surface area contributed by atoms with Crippen LogP contribution < -0.4 is 5.73 Å². The van der Waals surface area contributed by atoms with Gasteiger partial charge in [0, 0.05) is 13.1 Å². The molecule has 4 nitrogen and oxygen atoms in total. The SMILES string of the molecule is Cl.NCC1CCN(C(=O)O)CC1. The van der Waals surface area contributed by atoms with Crippen LogP contribution >= 0.6 is 12.4 Å². The summed E-state index contributed by atoms with van der Waals surface area (Å²) in [7, 11) is 0. The maximum atomic E-state index is 10.4. The molecule has 12 heavy (non-hydrogen) atoms. The lowest BCUT2D eigenvalue weighted by atomic mass is 9.97. The molecule has 1 heterocycles. The van der Waals surface area contributed by atoms with E-state index in [2.05, 4.69) is 0 Å². The molecule has 1 aliphatic rings. The van der Waals surface area contributed by atoms with E-state index in [4.69, 9.17) is 10.8 Å². The van der Waals surface area contributed by atoms with Gasteiger partial charge in [0.05, 0.1) is 0 Å². The van der Waals surface area contributed by atoms with Crippen molar-refractivity contribution in [3.63, 3.8) is 0 Å². The van der Waals surface area contributed by atoms with Gasteiger partial charge in [-0.3, -0.25) is 0 Å². The Morgan fingerprint density at radius 2 is 2.00 bits per heavy atom. The van der Waals surface area contributed by atoms with Crippen molar-refractivity contribution in [1.82, 2.24) is 4.90 Å². The smallest absolute Gasteiger partial charge is 0.407 e. The van der Waals surface area contributed by atoms with Crippen molar-refractivity contribution < 1.29 is 9.90 Å². The minimum absolute atomic E-state index is 0. The molecule has 0 bridgehead atoms. The van der Waals surface area contributed by atoms with E-state index in [0.29, 0.717) is 25.6 Å². The summed E-state index contributed by atoms with van der Waals surface area (Å²) in [5, 5.41) is 8.59. The summed E-state index contributed by atoms with van der Waals surface area (Å²) >= 11 is 0. The van der Waals surface area contributed by atoms with Crippen LogP contribution in [0.4, 0.5) is 4.79 Å². The minimum Gasteiger partial charge on any atom is -0.465 e. The molecule has 3 N–H and O–H groups in total. The van der Waals surface area contributed by atoms with Gasteiger partial charge in [0.1, 0.15) is 0 Å². The summed E-state index contributed by atoms with van der Waals surface area (Å²) in [6, 6.07) is 0. The van der Waals surface area contributed by atoms with Crippen LogP contribution in [0, 0.1) is 5.92 Å². The van der Waals surface area contributed by atoms with E-state index in [9.17, 15) is 4.79 Å². The van der Waals surface area contributed by atoms with E-state index >= 15 is 0 Å². The van der Waals surface area contributed by atoms with Crippen molar-refractivity contribution >= 4 is 18.5 Å². The second kappa shape index (κ2) is 5.22. The molecular formula is C7H15ClN2O2. The number of hydrogen-bond donors (Lipinski definition) is 2. The third kappa shape index (κ3) is 2.87. The van der Waals surface area contributed by atoms with E-state index in [0.717, 1.165) is 12.8 Å². The summed E-state index contributed by atoms with van der Waals surface area (Å²) < 4.78 is 0. The summed E-state index contributed by atoms with van der Waals surface area (Å²) in [6.07, 6.45) is 1.03. The first-order valence-corrected chi connectivity index (χ1v) is 3.92. The van der Waals surface area contributed by atoms with Gasteiger partial charge >= 0.3 is 6.09 Å². The van der Waals surface area contributed by atoms with Crippen LogP contribution in [0.1, 0.15) is 12.8 Å². The highest BCUT2D eigenvalue weighted by atomic mass is 35.5. The summed E-state index contributed by atoms with van der Waals surface area (Å²) in [5.41, 5.74) is 5.46. The van der Waals surface area contributed by atoms with Crippen molar-refractivity contribution in [3.8, 4) is 0 Å². The molecule has 0 unspecified atom stereocenters. The average Bonchev–Trinajstić information content (AvgIpc) is 2.05. The predicted molar refractivity (Wildman–Crippen MR) is 48.6 cm³/mol. The number of amides is 1. The molecule has 1 rings (SSSR count). The van der Waals surface area contributed by atoms with Crippen LogP contribution in [0.25, 0.3) is 0 Å². The van der Waals surface area contributed by atoms with E-state index in [1.807, 2.05) is 0 Å². The first-order valence-electron chi connectivity index (χ1n) is 3.92. The van der Waals surface area contributed by atoms with Crippen LogP contribution in [0.3, 0.4) is 0 Å². The molecule has 5 heteroatoms. The molecule has 0 aromatic carbocycles. The molecule has 0 aromatic rings. The van der Waals surface area contributed by atoms with Crippen molar-refractivity contribution in [3.05, 3.63) is 0 Å². The molecule has 1 fully saturated rings. The maximum absolute atomic E-state index is 10.4. The van der Waals surface area contributed by atoms with E-state index in [1.54, 1.807) is 0 Å². The van der Waals surface area contributed by atoms with Gasteiger partial charge in [-0.1, -0.05) is 0 Å². The molecule has 1 aliphatic heterocycles. The number of rotatable bonds is 1. The lowest BCUT2D eigenvalue weighted by molar-refractivity contribution is 0.125. The number of nitrogens with zero attached hydrogens (tertiary/aromatic N) is 1. The van der Waals surface area contributed by atoms with Crippen LogP contribution in [-0.2, 0) is 0 Å². The largest absolute Gasteiger partial charge is 0.465 e. The molecular weight excluding hydrogens is 180 g/mol. The molecule has 0 aliphatic carbocycles. The van der Waals surface area contributed by atoms with Gasteiger partial charge < -0.3 is 15.7 Å². The second-order valence-electron chi connectivity index (χ2n) is 2.95. The Labute approximate surface area is 78.1 Å². The Balaban J connectivity index is 0.00000121. The van der Waals surface area contributed by atoms with Gasteiger partial charge in [-0.05, 0) is 25.3 Å². The zero-order valence-corrected chi connectivity index (χ0v) is 7.72. The van der Waals surface area contributed by atoms with Crippen LogP contribution in [0.15, 0.2) is 0 Å². The highest BCUT2D eigenvalue weighted by Crippen LogP contribution is 2.15. The lowest BCUT2D eigenvalue weighted by Gasteiger charge is -2.28. The van der Waals surface area contributed by atoms with E-state index in [-0.39, 0.29) is 12.4 Å². The molecule has 0 aromatic heterocycles. The molecule has 72 valence electrons. The van der Waals surface area contributed by atoms with Crippen molar-refractivity contribution in [2.24, 2.45) is 11.7 Å². The quantitative estimate of drug-likeness (QED) is 0.648. The van der Waals surface area contributed by atoms with Gasteiger partial charge in [-0.2, -0.15) is 0 Å². The Hall–Kier alpha value is -0.480. The zero-order valence-electron chi connectivity index (χ0n) is 6.90. The van der Waals surface area contributed by atoms with Gasteiger partial charge in [0.15, 0.2) is 0 Å². The standard InChI is InChI=1S/C7H14N2O2.ClH/c8-5-6-1-3-9(4-2-6)7(10)11;/h6H,1-5,8H2,(H,10,11);1H. The number of piperidine rings is 1. The molecule has 0 saturated carbocycles. The van der Waals surface area contributed by atoms with E-state index in [1.165, 1.54) is 4.90 Å². The number of nitrogens with two attached hydrogens (primary N) is 1. The number of carbonyl (C=O) groups is 1. The van der Waals surface area contributed by atoms with Crippen molar-refractivity contribution in [1.29, 1.82) is 0 Å². The summed E-state index contributed by atoms with van der Waals surface area (Å²) in [5.74, 6) is 0.533. The first-order chi connectivity index (χ1) is 5.24. The van der Waals surface area contributed by atoms with Gasteiger partial charge in [-0.25, -0.2) is 4.79 Å². The predicted octanol–water partition coefficient (Wildman–Crippen LogP) is 0.757. The minimum atomic E-state index is -0.805. The molecule has 1 amide bonds. The number of hydrogen-bond acceptors (Lipinski definition) is 2. The molecule has 0 radical (unpaired) electrons. The Morgan fingerprint density at radius 3 is 2.33 bits per heavy atom. The summed E-state index contributed by atoms with van der Waals surface area (Å²) in [6.45, 7) is 1.99. The van der Waals surface area contributed by atoms with Crippen LogP contribution in [0.2, 0.25) is 0 Å². The third-order valence-electron chi connectivity index (χ3n) is 2.22. The average molecular weight is 195 g/mol. The Kier molecular flexibility index (Phi) is 5.01. The number of halogens is 1. The number of carboxylic acid groups (broad SMARTS) is 1. The lowest BCUT2D eigenvalue weighted by Crippen LogP contribution is -2.39. The van der Waals surface area contributed by atoms with Crippen molar-refractivity contribution in [2.45, 2.75) is 12.8 Å². The molecule has 0 spiro atoms. The fraction of sp³-hybridized carbons (Fsp3) is 0.857. The maximum Gasteiger partial charge on any atom is 0.407 e. The first kappa shape index (κ1) is 11.5. The number of likely N-dealkylation sites (tertiary alicyclic amines) is 1. The van der Waals surface area contributed by atoms with Gasteiger partial charge in [0.25, 0.3) is 0 Å². The van der Waals surface area contributed by atoms with Gasteiger partial charge in [-0.15, -0.1) is 12.4 Å². The summed E-state index contributed by atoms with van der Waals surface area (Å²) in [4.78, 5) is 11.9. The fourth-order valence-electron chi connectivity index (χ4n) is 1.36. The van der Waals surface area contributed by atoms with Crippen LogP contribution in [0.5, 0.6) is 0 Å². The second-order valence-corrected chi connectivity index (χ2v) is 2.95. The normalized spacial score (nSPS) is 18.6. The van der Waals surface area contributed by atoms with E-state index < -0.39 is 6.09 Å². The Bertz CT molecular complexity index is 146. The molecule has 1 saturated heterocycles. The molecule has 0 atom stereocenters. The monoisotopic (exact) mass is 194 g/mol. The highest BCUT2D eigenvalue weighted by Gasteiger charge is 2.20. The Morgan fingerprint density at radius 1 is 1.50 bits per heavy atom. The topological polar surface area (TPSA) is 66.6 Å². The van der Waals surface area contributed by atoms with Crippen molar-refractivity contribution in [2.75, 3.05) is 19.6 Å². The highest BCUT2D eigenvalue weighted by molar-refractivity contribution is 5.85.